The molecule has 19 heavy (non-hydrogen) atoms. The summed E-state index contributed by atoms with van der Waals surface area (Å²) in [5.41, 5.74) is 5.26. The van der Waals surface area contributed by atoms with Gasteiger partial charge in [-0.05, 0) is 25.0 Å². The van der Waals surface area contributed by atoms with Crippen molar-refractivity contribution in [2.24, 2.45) is 5.73 Å². The van der Waals surface area contributed by atoms with Crippen molar-refractivity contribution in [1.82, 2.24) is 4.90 Å². The third-order valence-electron chi connectivity index (χ3n) is 3.15. The Morgan fingerprint density at radius 3 is 2.74 bits per heavy atom. The lowest BCUT2D eigenvalue weighted by Crippen LogP contribution is -2.40. The van der Waals surface area contributed by atoms with Gasteiger partial charge >= 0.3 is 0 Å². The normalized spacial score (nSPS) is 18.3. The van der Waals surface area contributed by atoms with Crippen LogP contribution >= 0.6 is 24.0 Å². The van der Waals surface area contributed by atoms with E-state index in [0.29, 0.717) is 13.1 Å². The molecule has 0 saturated carbocycles. The molecule has 0 aliphatic carbocycles. The Kier molecular flexibility index (Phi) is 5.52. The zero-order valence-corrected chi connectivity index (χ0v) is 11.6. The van der Waals surface area contributed by atoms with Crippen LogP contribution in [0.25, 0.3) is 0 Å². The summed E-state index contributed by atoms with van der Waals surface area (Å²) >= 11 is 5.45. The van der Waals surface area contributed by atoms with Crippen LogP contribution in [0.1, 0.15) is 23.2 Å². The molecular formula is C12H14Cl2F2N2O. The van der Waals surface area contributed by atoms with Gasteiger partial charge in [0, 0.05) is 19.1 Å². The van der Waals surface area contributed by atoms with Crippen LogP contribution in [0, 0.1) is 11.6 Å². The van der Waals surface area contributed by atoms with Gasteiger partial charge < -0.3 is 10.6 Å². The minimum atomic E-state index is -0.811. The maximum absolute atomic E-state index is 13.6. The Bertz CT molecular complexity index is 485. The van der Waals surface area contributed by atoms with Gasteiger partial charge in [0.25, 0.3) is 5.91 Å². The first-order valence-corrected chi connectivity index (χ1v) is 6.08. The highest BCUT2D eigenvalue weighted by Crippen LogP contribution is 2.24. The summed E-state index contributed by atoms with van der Waals surface area (Å²) in [4.78, 5) is 13.6. The molecule has 1 amide bonds. The summed E-state index contributed by atoms with van der Waals surface area (Å²) in [5, 5.41) is -0.333. The van der Waals surface area contributed by atoms with Crippen molar-refractivity contribution in [2.75, 3.05) is 13.1 Å². The zero-order valence-electron chi connectivity index (χ0n) is 10.0. The van der Waals surface area contributed by atoms with Crippen LogP contribution in [0.15, 0.2) is 12.1 Å². The monoisotopic (exact) mass is 310 g/mol. The number of benzene rings is 1. The molecule has 0 radical (unpaired) electrons. The topological polar surface area (TPSA) is 46.3 Å². The fourth-order valence-corrected chi connectivity index (χ4v) is 2.34. The molecule has 1 aromatic rings. The van der Waals surface area contributed by atoms with E-state index in [-0.39, 0.29) is 29.0 Å². The first-order chi connectivity index (χ1) is 8.54. The maximum atomic E-state index is 13.6. The number of halogens is 4. The number of carbonyl (C=O) groups is 1. The lowest BCUT2D eigenvalue weighted by Gasteiger charge is -2.23. The Morgan fingerprint density at radius 1 is 1.42 bits per heavy atom. The van der Waals surface area contributed by atoms with Gasteiger partial charge in [0.1, 0.15) is 11.6 Å². The highest BCUT2D eigenvalue weighted by atomic mass is 35.5. The molecule has 1 unspecified atom stereocenters. The van der Waals surface area contributed by atoms with E-state index in [9.17, 15) is 13.6 Å². The Balaban J connectivity index is 0.00000180. The van der Waals surface area contributed by atoms with Crippen molar-refractivity contribution in [3.8, 4) is 0 Å². The number of likely N-dealkylation sites (tertiary alicyclic amines) is 1. The van der Waals surface area contributed by atoms with E-state index in [1.807, 2.05) is 0 Å². The largest absolute Gasteiger partial charge is 0.334 e. The predicted molar refractivity (Wildman–Crippen MR) is 71.7 cm³/mol. The SMILES string of the molecule is Cl.NCC1CCCN1C(=O)c1cc(F)c(Cl)cc1F. The molecule has 0 bridgehead atoms. The van der Waals surface area contributed by atoms with Gasteiger partial charge in [0.15, 0.2) is 0 Å². The fourth-order valence-electron chi connectivity index (χ4n) is 2.19. The van der Waals surface area contributed by atoms with Crippen LogP contribution in [0.3, 0.4) is 0 Å². The number of carbonyl (C=O) groups excluding carboxylic acids is 1. The molecule has 0 spiro atoms. The molecule has 1 atom stereocenters. The fraction of sp³-hybridized carbons (Fsp3) is 0.417. The number of rotatable bonds is 2. The predicted octanol–water partition coefficient (Wildman–Crippen LogP) is 2.60. The van der Waals surface area contributed by atoms with Gasteiger partial charge in [0.05, 0.1) is 10.6 Å². The molecule has 1 aliphatic rings. The summed E-state index contributed by atoms with van der Waals surface area (Å²) < 4.78 is 26.9. The molecule has 3 nitrogen and oxygen atoms in total. The highest BCUT2D eigenvalue weighted by molar-refractivity contribution is 6.30. The van der Waals surface area contributed by atoms with E-state index in [2.05, 4.69) is 0 Å². The van der Waals surface area contributed by atoms with Crippen LogP contribution in [0.5, 0.6) is 0 Å². The number of hydrogen-bond acceptors (Lipinski definition) is 2. The van der Waals surface area contributed by atoms with Gasteiger partial charge in [-0.1, -0.05) is 11.6 Å². The first-order valence-electron chi connectivity index (χ1n) is 5.70. The lowest BCUT2D eigenvalue weighted by atomic mass is 10.1. The summed E-state index contributed by atoms with van der Waals surface area (Å²) in [7, 11) is 0. The molecule has 106 valence electrons. The van der Waals surface area contributed by atoms with Crippen LogP contribution in [-0.2, 0) is 0 Å². The summed E-state index contributed by atoms with van der Waals surface area (Å²) in [6.45, 7) is 0.841. The Labute approximate surface area is 121 Å². The average Bonchev–Trinajstić information content (AvgIpc) is 2.81. The van der Waals surface area contributed by atoms with Gasteiger partial charge in [-0.2, -0.15) is 0 Å². The van der Waals surface area contributed by atoms with E-state index in [1.165, 1.54) is 4.90 Å². The molecule has 2 N–H and O–H groups in total. The van der Waals surface area contributed by atoms with Gasteiger partial charge in [-0.25, -0.2) is 8.78 Å². The quantitative estimate of drug-likeness (QED) is 0.854. The second-order valence-corrected chi connectivity index (χ2v) is 4.68. The summed E-state index contributed by atoms with van der Waals surface area (Å²) in [6.07, 6.45) is 1.62. The number of nitrogens with two attached hydrogens (primary N) is 1. The third-order valence-corrected chi connectivity index (χ3v) is 3.44. The van der Waals surface area contributed by atoms with Crippen LogP contribution in [0.2, 0.25) is 5.02 Å². The van der Waals surface area contributed by atoms with Crippen molar-refractivity contribution in [3.05, 3.63) is 34.4 Å². The van der Waals surface area contributed by atoms with Crippen molar-refractivity contribution in [2.45, 2.75) is 18.9 Å². The Hall–Kier alpha value is -0.910. The van der Waals surface area contributed by atoms with Gasteiger partial charge in [-0.15, -0.1) is 12.4 Å². The van der Waals surface area contributed by atoms with Crippen LogP contribution < -0.4 is 5.73 Å². The van der Waals surface area contributed by atoms with Crippen molar-refractivity contribution < 1.29 is 13.6 Å². The first kappa shape index (κ1) is 16.1. The van der Waals surface area contributed by atoms with E-state index in [0.717, 1.165) is 25.0 Å². The zero-order chi connectivity index (χ0) is 13.3. The summed E-state index contributed by atoms with van der Waals surface area (Å²) in [5.74, 6) is -2.14. The number of nitrogens with zero attached hydrogens (tertiary/aromatic N) is 1. The van der Waals surface area contributed by atoms with E-state index >= 15 is 0 Å². The minimum Gasteiger partial charge on any atom is -0.334 e. The number of amides is 1. The third kappa shape index (κ3) is 3.16. The molecule has 1 heterocycles. The molecule has 1 aliphatic heterocycles. The summed E-state index contributed by atoms with van der Waals surface area (Å²) in [6, 6.07) is 1.56. The number of hydrogen-bond donors (Lipinski definition) is 1. The van der Waals surface area contributed by atoms with Crippen molar-refractivity contribution >= 4 is 29.9 Å². The molecule has 1 saturated heterocycles. The standard InChI is InChI=1S/C12H13ClF2N2O.ClH/c13-9-5-10(14)8(4-11(9)15)12(18)17-3-1-2-7(17)6-16;/h4-5,7H,1-3,6,16H2;1H. The van der Waals surface area contributed by atoms with E-state index in [1.54, 1.807) is 0 Å². The van der Waals surface area contributed by atoms with Crippen LogP contribution in [-0.4, -0.2) is 29.9 Å². The highest BCUT2D eigenvalue weighted by Gasteiger charge is 2.30. The average molecular weight is 311 g/mol. The smallest absolute Gasteiger partial charge is 0.257 e. The van der Waals surface area contributed by atoms with E-state index < -0.39 is 17.5 Å². The second-order valence-electron chi connectivity index (χ2n) is 4.28. The second kappa shape index (κ2) is 6.50. The minimum absolute atomic E-state index is 0. The molecular weight excluding hydrogens is 297 g/mol. The molecule has 7 heteroatoms. The molecule has 1 aromatic carbocycles. The molecule has 2 rings (SSSR count). The molecule has 0 aromatic heterocycles. The lowest BCUT2D eigenvalue weighted by molar-refractivity contribution is 0.0736. The Morgan fingerprint density at radius 2 is 2.11 bits per heavy atom. The van der Waals surface area contributed by atoms with Crippen molar-refractivity contribution in [3.63, 3.8) is 0 Å². The maximum Gasteiger partial charge on any atom is 0.257 e. The van der Waals surface area contributed by atoms with Crippen LogP contribution in [0.4, 0.5) is 8.78 Å². The van der Waals surface area contributed by atoms with Gasteiger partial charge in [0.2, 0.25) is 0 Å². The van der Waals surface area contributed by atoms with Gasteiger partial charge in [-0.3, -0.25) is 4.79 Å². The van der Waals surface area contributed by atoms with Crippen molar-refractivity contribution in [1.29, 1.82) is 0 Å². The van der Waals surface area contributed by atoms with E-state index in [4.69, 9.17) is 17.3 Å². The molecule has 1 fully saturated rings.